The van der Waals surface area contributed by atoms with Crippen LogP contribution in [0.3, 0.4) is 0 Å². The molecule has 0 N–H and O–H groups in total. The van der Waals surface area contributed by atoms with E-state index in [-0.39, 0.29) is 0 Å². The Labute approximate surface area is 419 Å². The molecular weight excluding hydrogens is 873 g/mol. The van der Waals surface area contributed by atoms with Crippen molar-refractivity contribution in [3.63, 3.8) is 0 Å². The van der Waals surface area contributed by atoms with Crippen LogP contribution in [0.25, 0.3) is 0 Å². The van der Waals surface area contributed by atoms with Crippen molar-refractivity contribution >= 4 is 16.1 Å². The first kappa shape index (κ1) is 33.7. The van der Waals surface area contributed by atoms with Crippen LogP contribution in [-0.2, 0) is 0 Å². The van der Waals surface area contributed by atoms with E-state index in [1.165, 1.54) is 343 Å². The fraction of sp³-hybridized carbons (Fsp3) is 1.00. The van der Waals surface area contributed by atoms with Gasteiger partial charge in [-0.15, -0.1) is 0 Å². The topological polar surface area (TPSA) is 0 Å². The van der Waals surface area contributed by atoms with Gasteiger partial charge in [0.05, 0.1) is 0 Å². The Bertz CT molecular complexity index is 2740. The fourth-order valence-corrected chi connectivity index (χ4v) is 54.4. The first-order chi connectivity index (χ1) is 34.1. The normalized spacial score (nSPS) is 96.9. The van der Waals surface area contributed by atoms with Crippen molar-refractivity contribution in [2.45, 2.75) is 51.4 Å². The molecule has 0 aromatic heterocycles. The highest BCUT2D eigenvalue weighted by Crippen LogP contribution is 3.08. The molecule has 32 fully saturated rings. The molecule has 56 atom stereocenters. The summed E-state index contributed by atoms with van der Waals surface area (Å²) in [6.07, 6.45) is 0. The van der Waals surface area contributed by atoms with Crippen molar-refractivity contribution in [2.75, 3.05) is 0 Å². The smallest absolute Gasteiger partial charge is 0.0448 e. The Morgan fingerprint density at radius 3 is 0.414 bits per heavy atom. The quantitative estimate of drug-likeness (QED) is 0.246. The minimum Gasteiger partial charge on any atom is -0.0695 e. The highest BCUT2D eigenvalue weighted by atomic mass is 28.3. The van der Waals surface area contributed by atoms with Gasteiger partial charge in [0.2, 0.25) is 0 Å². The molecule has 0 aliphatic heterocycles. The number of hydrogen-bond donors (Lipinski definition) is 0. The molecule has 2 heteroatoms. The molecular formula is C68H80Si2. The van der Waals surface area contributed by atoms with Gasteiger partial charge in [0.15, 0.2) is 0 Å². The highest BCUT2D eigenvalue weighted by molar-refractivity contribution is 6.76. The first-order valence-corrected chi connectivity index (χ1v) is 41.6. The summed E-state index contributed by atoms with van der Waals surface area (Å²) in [6.45, 7) is 18.4. The van der Waals surface area contributed by atoms with Gasteiger partial charge in [0.1, 0.15) is 0 Å². The minimum atomic E-state index is -1.41. The van der Waals surface area contributed by atoms with Crippen LogP contribution >= 0.6 is 0 Å². The summed E-state index contributed by atoms with van der Waals surface area (Å²) in [5.74, 6) is 75.2. The Balaban J connectivity index is 0.883. The van der Waals surface area contributed by atoms with E-state index in [0.29, 0.717) is 0 Å². The minimum absolute atomic E-state index is 0.826. The average molecular weight is 954 g/mol. The third-order valence-electron chi connectivity index (χ3n) is 42.4. The molecule has 0 heterocycles. The Kier molecular flexibility index (Phi) is 3.89. The van der Waals surface area contributed by atoms with Crippen LogP contribution in [0.2, 0.25) is 51.4 Å². The molecule has 0 aromatic rings. The van der Waals surface area contributed by atoms with E-state index in [1.54, 1.807) is 0 Å². The zero-order chi connectivity index (χ0) is 42.9. The lowest BCUT2D eigenvalue weighted by molar-refractivity contribution is -0.245. The maximum absolute atomic E-state index is 3.07. The van der Waals surface area contributed by atoms with Crippen LogP contribution in [-0.4, -0.2) is 16.1 Å². The number of rotatable bonds is 4. The summed E-state index contributed by atoms with van der Waals surface area (Å²) in [5, 5.41) is 0. The predicted octanol–water partition coefficient (Wildman–Crippen LogP) is 10.8. The molecule has 0 amide bonds. The first-order valence-electron chi connectivity index (χ1n) is 34.1. The van der Waals surface area contributed by atoms with E-state index >= 15 is 0 Å². The Hall–Kier alpha value is 0.434. The van der Waals surface area contributed by atoms with Gasteiger partial charge in [-0.1, -0.05) is 51.4 Å². The molecule has 0 radical (unpaired) electrons. The van der Waals surface area contributed by atoms with Crippen molar-refractivity contribution in [3.05, 3.63) is 0 Å². The lowest BCUT2D eigenvalue weighted by Gasteiger charge is -2.73. The molecule has 32 aliphatic rings. The maximum Gasteiger partial charge on any atom is 0.0448 e. The SMILES string of the molecule is C[Si](C)(C)CC12C3C4C5C6C7C8C9C%10C%11C%12C%13C9C7C7C9C%13C%13C%12C%12C%14C%11C%11C%10C%10C8C8C6C4C4C6C8C%10C8C%11C%10C%14C%11C%12C%12C%13C%13C9C(C75)C3C3C%13C%12C5C%11C7C%10C8C6C(C41)C7(C[Si](C)(C)C)C5C32. The fourth-order valence-electron chi connectivity index (χ4n) is 49.3. The van der Waals surface area contributed by atoms with Gasteiger partial charge in [-0.2, -0.15) is 0 Å². The van der Waals surface area contributed by atoms with E-state index in [2.05, 4.69) is 39.3 Å². The third kappa shape index (κ3) is 2.11. The molecule has 70 heavy (non-hydrogen) atoms. The van der Waals surface area contributed by atoms with Gasteiger partial charge in [-0.3, -0.25) is 0 Å². The maximum atomic E-state index is 3.07. The number of hydrogen-bond acceptors (Lipinski definition) is 0. The molecule has 0 aromatic carbocycles. The lowest BCUT2D eigenvalue weighted by Crippen LogP contribution is -2.70. The second-order valence-electron chi connectivity index (χ2n) is 40.9. The van der Waals surface area contributed by atoms with Crippen LogP contribution in [0.15, 0.2) is 0 Å². The van der Waals surface area contributed by atoms with Crippen LogP contribution < -0.4 is 0 Å². The summed E-state index contributed by atoms with van der Waals surface area (Å²) in [7, 11) is -2.81. The van der Waals surface area contributed by atoms with Gasteiger partial charge < -0.3 is 0 Å². The highest BCUT2D eigenvalue weighted by Gasteiger charge is 3.05. The van der Waals surface area contributed by atoms with Crippen molar-refractivity contribution in [2.24, 2.45) is 354 Å². The monoisotopic (exact) mass is 953 g/mol. The molecule has 32 rings (SSSR count). The van der Waals surface area contributed by atoms with E-state index < -0.39 is 16.1 Å². The van der Waals surface area contributed by atoms with Crippen LogP contribution in [0.1, 0.15) is 0 Å². The largest absolute Gasteiger partial charge is 0.0695 e. The van der Waals surface area contributed by atoms with Gasteiger partial charge in [0.25, 0.3) is 0 Å². The van der Waals surface area contributed by atoms with Crippen LogP contribution in [0, 0.1) is 354 Å². The standard InChI is InChI=1S/C68H80Si2/c1-69(2,3)7-67-61-53-44-37-24-17-11-12-14-10-9-13(11)22(24)28-26-15(9)19-16(10)27-29-23(14)25-18(12)21-20(17)31-39-32(21)41-38(25)45-43(29)47-34(27)36-30(19)35-33(26)46(42(28)44)57(61)59-48(35)49(36)60-58(47)62-54(45)51(41)56-52(39)55(50(53)40(31)37)63(67)64(56)68(62,8-70(4,5)6)66(60)65(59)67/h9-66H,7-8H2,1-6H3. The molecule has 56 unspecified atom stereocenters. The van der Waals surface area contributed by atoms with Gasteiger partial charge in [0, 0.05) is 16.1 Å². The van der Waals surface area contributed by atoms with E-state index in [1.807, 2.05) is 12.1 Å². The summed E-state index contributed by atoms with van der Waals surface area (Å²) in [4.78, 5) is 0. The van der Waals surface area contributed by atoms with E-state index in [0.717, 1.165) is 10.8 Å². The van der Waals surface area contributed by atoms with Crippen molar-refractivity contribution in [3.8, 4) is 0 Å². The van der Waals surface area contributed by atoms with Gasteiger partial charge >= 0.3 is 0 Å². The van der Waals surface area contributed by atoms with Crippen molar-refractivity contribution in [1.29, 1.82) is 0 Å². The second-order valence-corrected chi connectivity index (χ2v) is 51.8. The van der Waals surface area contributed by atoms with Gasteiger partial charge in [-0.05, 0) is 354 Å². The Morgan fingerprint density at radius 2 is 0.257 bits per heavy atom. The van der Waals surface area contributed by atoms with Crippen LogP contribution in [0.5, 0.6) is 0 Å². The third-order valence-corrected chi connectivity index (χ3v) is 45.7. The molecule has 32 aliphatic carbocycles. The molecule has 32 saturated carbocycles. The molecule has 0 spiro atoms. The zero-order valence-corrected chi connectivity index (χ0v) is 44.9. The molecule has 0 bridgehead atoms. The summed E-state index contributed by atoms with van der Waals surface area (Å²) < 4.78 is 0. The van der Waals surface area contributed by atoms with E-state index in [4.69, 9.17) is 0 Å². The van der Waals surface area contributed by atoms with Crippen LogP contribution in [0.4, 0.5) is 0 Å². The van der Waals surface area contributed by atoms with Gasteiger partial charge in [-0.25, -0.2) is 0 Å². The summed E-state index contributed by atoms with van der Waals surface area (Å²) in [5.41, 5.74) is 1.65. The Morgan fingerprint density at radius 1 is 0.157 bits per heavy atom. The molecule has 0 nitrogen and oxygen atoms in total. The predicted molar refractivity (Wildman–Crippen MR) is 264 cm³/mol. The summed E-state index contributed by atoms with van der Waals surface area (Å²) in [6, 6.07) is 3.79. The average Bonchev–Trinajstić information content (AvgIpc) is 4.30. The lowest BCUT2D eigenvalue weighted by atomic mass is 9.33. The summed E-state index contributed by atoms with van der Waals surface area (Å²) >= 11 is 0. The zero-order valence-electron chi connectivity index (χ0n) is 42.9. The van der Waals surface area contributed by atoms with Crippen molar-refractivity contribution in [1.82, 2.24) is 0 Å². The second kappa shape index (κ2) is 8.09. The molecule has 360 valence electrons. The van der Waals surface area contributed by atoms with Crippen molar-refractivity contribution < 1.29 is 0 Å². The van der Waals surface area contributed by atoms with E-state index in [9.17, 15) is 0 Å². The molecule has 0 saturated heterocycles.